The molecule has 0 aromatic heterocycles. The zero-order chi connectivity index (χ0) is 10.1. The SMILES string of the molecule is CC(N)CC1CNc2c(F)cccc21. The van der Waals surface area contributed by atoms with Gasteiger partial charge in [-0.1, -0.05) is 12.1 Å². The first-order valence-corrected chi connectivity index (χ1v) is 4.96. The molecule has 14 heavy (non-hydrogen) atoms. The Labute approximate surface area is 83.3 Å². The largest absolute Gasteiger partial charge is 0.382 e. The van der Waals surface area contributed by atoms with Crippen LogP contribution in [0.2, 0.25) is 0 Å². The lowest BCUT2D eigenvalue weighted by atomic mass is 9.95. The van der Waals surface area contributed by atoms with Crippen molar-refractivity contribution in [1.82, 2.24) is 0 Å². The molecule has 0 saturated heterocycles. The second-order valence-electron chi connectivity index (χ2n) is 3.99. The van der Waals surface area contributed by atoms with Crippen LogP contribution in [0.5, 0.6) is 0 Å². The van der Waals surface area contributed by atoms with Gasteiger partial charge in [-0.25, -0.2) is 4.39 Å². The molecule has 2 nitrogen and oxygen atoms in total. The average molecular weight is 194 g/mol. The number of halogens is 1. The van der Waals surface area contributed by atoms with E-state index >= 15 is 0 Å². The predicted molar refractivity (Wildman–Crippen MR) is 55.9 cm³/mol. The number of fused-ring (bicyclic) bond motifs is 1. The van der Waals surface area contributed by atoms with E-state index in [0.29, 0.717) is 11.6 Å². The summed E-state index contributed by atoms with van der Waals surface area (Å²) in [6.07, 6.45) is 0.906. The molecular weight excluding hydrogens is 179 g/mol. The molecule has 2 unspecified atom stereocenters. The summed E-state index contributed by atoms with van der Waals surface area (Å²) >= 11 is 0. The van der Waals surface area contributed by atoms with Crippen molar-refractivity contribution in [2.45, 2.75) is 25.3 Å². The smallest absolute Gasteiger partial charge is 0.146 e. The number of nitrogens with one attached hydrogen (secondary N) is 1. The van der Waals surface area contributed by atoms with Gasteiger partial charge < -0.3 is 11.1 Å². The van der Waals surface area contributed by atoms with Gasteiger partial charge in [-0.3, -0.25) is 0 Å². The topological polar surface area (TPSA) is 38.0 Å². The van der Waals surface area contributed by atoms with Gasteiger partial charge in [-0.2, -0.15) is 0 Å². The number of para-hydroxylation sites is 1. The zero-order valence-corrected chi connectivity index (χ0v) is 8.26. The minimum Gasteiger partial charge on any atom is -0.382 e. The Hall–Kier alpha value is -1.09. The standard InChI is InChI=1S/C11H15FN2/c1-7(13)5-8-6-14-11-9(8)3-2-4-10(11)12/h2-4,7-8,14H,5-6,13H2,1H3. The number of hydrogen-bond acceptors (Lipinski definition) is 2. The van der Waals surface area contributed by atoms with Crippen LogP contribution in [0.4, 0.5) is 10.1 Å². The molecule has 76 valence electrons. The van der Waals surface area contributed by atoms with Crippen molar-refractivity contribution in [3.63, 3.8) is 0 Å². The van der Waals surface area contributed by atoms with Crippen molar-refractivity contribution < 1.29 is 4.39 Å². The van der Waals surface area contributed by atoms with E-state index in [4.69, 9.17) is 5.73 Å². The molecule has 3 N–H and O–H groups in total. The molecule has 1 heterocycles. The fourth-order valence-corrected chi connectivity index (χ4v) is 2.06. The van der Waals surface area contributed by atoms with E-state index in [0.717, 1.165) is 18.5 Å². The lowest BCUT2D eigenvalue weighted by Crippen LogP contribution is -2.19. The van der Waals surface area contributed by atoms with E-state index in [9.17, 15) is 4.39 Å². The second-order valence-corrected chi connectivity index (χ2v) is 3.99. The summed E-state index contributed by atoms with van der Waals surface area (Å²) in [6, 6.07) is 5.39. The van der Waals surface area contributed by atoms with Gasteiger partial charge in [0.15, 0.2) is 0 Å². The number of anilines is 1. The Morgan fingerprint density at radius 3 is 3.14 bits per heavy atom. The maximum absolute atomic E-state index is 13.3. The van der Waals surface area contributed by atoms with Crippen molar-refractivity contribution in [1.29, 1.82) is 0 Å². The molecule has 1 aromatic carbocycles. The molecule has 0 amide bonds. The number of nitrogens with two attached hydrogens (primary N) is 1. The zero-order valence-electron chi connectivity index (χ0n) is 8.26. The van der Waals surface area contributed by atoms with E-state index < -0.39 is 0 Å². The van der Waals surface area contributed by atoms with E-state index in [2.05, 4.69) is 5.32 Å². The summed E-state index contributed by atoms with van der Waals surface area (Å²) in [5, 5.41) is 3.09. The number of hydrogen-bond donors (Lipinski definition) is 2. The molecule has 0 fully saturated rings. The lowest BCUT2D eigenvalue weighted by molar-refractivity contribution is 0.583. The highest BCUT2D eigenvalue weighted by Crippen LogP contribution is 2.35. The van der Waals surface area contributed by atoms with E-state index in [1.165, 1.54) is 6.07 Å². The quantitative estimate of drug-likeness (QED) is 0.756. The first-order valence-electron chi connectivity index (χ1n) is 4.96. The average Bonchev–Trinajstić information content (AvgIpc) is 2.49. The van der Waals surface area contributed by atoms with Crippen LogP contribution >= 0.6 is 0 Å². The van der Waals surface area contributed by atoms with Gasteiger partial charge in [0, 0.05) is 18.5 Å². The molecule has 0 spiro atoms. The van der Waals surface area contributed by atoms with Crippen molar-refractivity contribution in [2.75, 3.05) is 11.9 Å². The Balaban J connectivity index is 2.26. The first-order chi connectivity index (χ1) is 6.68. The van der Waals surface area contributed by atoms with Gasteiger partial charge in [0.05, 0.1) is 5.69 Å². The molecule has 0 aliphatic carbocycles. The van der Waals surface area contributed by atoms with Gasteiger partial charge in [-0.05, 0) is 25.0 Å². The Morgan fingerprint density at radius 2 is 2.43 bits per heavy atom. The minimum absolute atomic E-state index is 0.158. The van der Waals surface area contributed by atoms with Crippen LogP contribution in [0.15, 0.2) is 18.2 Å². The summed E-state index contributed by atoms with van der Waals surface area (Å²) < 4.78 is 13.3. The monoisotopic (exact) mass is 194 g/mol. The third kappa shape index (κ3) is 1.60. The highest BCUT2D eigenvalue weighted by Gasteiger charge is 2.24. The second kappa shape index (κ2) is 3.58. The molecular formula is C11H15FN2. The van der Waals surface area contributed by atoms with Crippen molar-refractivity contribution in [2.24, 2.45) is 5.73 Å². The molecule has 1 aliphatic rings. The predicted octanol–water partition coefficient (Wildman–Crippen LogP) is 2.07. The van der Waals surface area contributed by atoms with Gasteiger partial charge in [0.25, 0.3) is 0 Å². The van der Waals surface area contributed by atoms with Gasteiger partial charge >= 0.3 is 0 Å². The molecule has 0 saturated carbocycles. The van der Waals surface area contributed by atoms with Crippen LogP contribution in [0, 0.1) is 5.82 Å². The maximum atomic E-state index is 13.3. The summed E-state index contributed by atoms with van der Waals surface area (Å²) in [4.78, 5) is 0. The van der Waals surface area contributed by atoms with E-state index in [1.54, 1.807) is 6.07 Å². The lowest BCUT2D eigenvalue weighted by Gasteiger charge is -2.12. The van der Waals surface area contributed by atoms with E-state index in [-0.39, 0.29) is 11.9 Å². The molecule has 0 bridgehead atoms. The summed E-state index contributed by atoms with van der Waals surface area (Å²) in [5.74, 6) is 0.204. The Kier molecular flexibility index (Phi) is 2.42. The minimum atomic E-state index is -0.158. The van der Waals surface area contributed by atoms with Crippen LogP contribution in [-0.2, 0) is 0 Å². The fourth-order valence-electron chi connectivity index (χ4n) is 2.06. The van der Waals surface area contributed by atoms with Crippen LogP contribution in [0.3, 0.4) is 0 Å². The van der Waals surface area contributed by atoms with E-state index in [1.807, 2.05) is 13.0 Å². The highest BCUT2D eigenvalue weighted by molar-refractivity contribution is 5.58. The van der Waals surface area contributed by atoms with Crippen LogP contribution in [0.1, 0.15) is 24.8 Å². The van der Waals surface area contributed by atoms with Crippen LogP contribution in [0.25, 0.3) is 0 Å². The van der Waals surface area contributed by atoms with Crippen molar-refractivity contribution in [3.8, 4) is 0 Å². The summed E-state index contributed by atoms with van der Waals surface area (Å²) in [7, 11) is 0. The summed E-state index contributed by atoms with van der Waals surface area (Å²) in [6.45, 7) is 2.79. The molecule has 0 radical (unpaired) electrons. The molecule has 2 atom stereocenters. The summed E-state index contributed by atoms with van der Waals surface area (Å²) in [5.41, 5.74) is 7.48. The number of benzene rings is 1. The third-order valence-corrected chi connectivity index (χ3v) is 2.67. The normalized spacial score (nSPS) is 21.5. The molecule has 2 rings (SSSR count). The van der Waals surface area contributed by atoms with Gasteiger partial charge in [-0.15, -0.1) is 0 Å². The Bertz CT molecular complexity index is 336. The molecule has 1 aliphatic heterocycles. The number of rotatable bonds is 2. The fraction of sp³-hybridized carbons (Fsp3) is 0.455. The highest BCUT2D eigenvalue weighted by atomic mass is 19.1. The van der Waals surface area contributed by atoms with Crippen molar-refractivity contribution in [3.05, 3.63) is 29.6 Å². The van der Waals surface area contributed by atoms with Crippen LogP contribution < -0.4 is 11.1 Å². The third-order valence-electron chi connectivity index (χ3n) is 2.67. The molecule has 1 aromatic rings. The van der Waals surface area contributed by atoms with Gasteiger partial charge in [0.2, 0.25) is 0 Å². The molecule has 3 heteroatoms. The van der Waals surface area contributed by atoms with Gasteiger partial charge in [0.1, 0.15) is 5.82 Å². The first kappa shape index (κ1) is 9.46. The van der Waals surface area contributed by atoms with Crippen molar-refractivity contribution >= 4 is 5.69 Å². The maximum Gasteiger partial charge on any atom is 0.146 e. The van der Waals surface area contributed by atoms with Crippen LogP contribution in [-0.4, -0.2) is 12.6 Å². The Morgan fingerprint density at radius 1 is 1.64 bits per heavy atom.